The molecule has 0 spiro atoms. The smallest absolute Gasteiger partial charge is 0.309 e. The summed E-state index contributed by atoms with van der Waals surface area (Å²) in [4.78, 5) is 11.8. The third kappa shape index (κ3) is 2.09. The summed E-state index contributed by atoms with van der Waals surface area (Å²) in [6.07, 6.45) is 6.69. The van der Waals surface area contributed by atoms with E-state index in [1.165, 1.54) is 18.4 Å². The lowest BCUT2D eigenvalue weighted by Gasteiger charge is -2.39. The average Bonchev–Trinajstić information content (AvgIpc) is 2.26. The molecule has 84 valence electrons. The summed E-state index contributed by atoms with van der Waals surface area (Å²) in [6.45, 7) is 4.81. The van der Waals surface area contributed by atoms with Crippen molar-refractivity contribution in [3.8, 4) is 0 Å². The van der Waals surface area contributed by atoms with Gasteiger partial charge in [-0.1, -0.05) is 18.6 Å². The molecule has 3 rings (SSSR count). The van der Waals surface area contributed by atoms with Crippen molar-refractivity contribution < 1.29 is 9.53 Å². The number of hydrogen-bond acceptors (Lipinski definition) is 2. The standard InChI is InChI=1S/C13H20O2/c1-3-6-15-13(14)12-8-10-4-5-11(12)7-9(10)2/h7,10-12H,3-6,8H2,1-2H3. The van der Waals surface area contributed by atoms with Gasteiger partial charge in [0.15, 0.2) is 0 Å². The maximum absolute atomic E-state index is 11.8. The number of allylic oxidation sites excluding steroid dienone is 2. The molecule has 2 heteroatoms. The Balaban J connectivity index is 1.98. The van der Waals surface area contributed by atoms with Gasteiger partial charge in [0.2, 0.25) is 0 Å². The van der Waals surface area contributed by atoms with E-state index in [-0.39, 0.29) is 11.9 Å². The van der Waals surface area contributed by atoms with Crippen LogP contribution in [-0.2, 0) is 9.53 Å². The van der Waals surface area contributed by atoms with Crippen LogP contribution in [0.2, 0.25) is 0 Å². The van der Waals surface area contributed by atoms with Crippen LogP contribution in [-0.4, -0.2) is 12.6 Å². The molecule has 1 saturated carbocycles. The highest BCUT2D eigenvalue weighted by atomic mass is 16.5. The van der Waals surface area contributed by atoms with Crippen molar-refractivity contribution in [3.63, 3.8) is 0 Å². The van der Waals surface area contributed by atoms with Crippen molar-refractivity contribution in [2.24, 2.45) is 17.8 Å². The van der Waals surface area contributed by atoms with Crippen molar-refractivity contribution >= 4 is 5.97 Å². The molecule has 0 N–H and O–H groups in total. The highest BCUT2D eigenvalue weighted by Crippen LogP contribution is 2.44. The summed E-state index contributed by atoms with van der Waals surface area (Å²) in [6, 6.07) is 0. The number of ether oxygens (including phenoxy) is 1. The van der Waals surface area contributed by atoms with Crippen LogP contribution in [0.3, 0.4) is 0 Å². The molecule has 3 unspecified atom stereocenters. The lowest BCUT2D eigenvalue weighted by atomic mass is 9.66. The van der Waals surface area contributed by atoms with E-state index in [1.807, 2.05) is 6.92 Å². The van der Waals surface area contributed by atoms with Gasteiger partial charge in [-0.3, -0.25) is 4.79 Å². The Hall–Kier alpha value is -0.790. The molecular weight excluding hydrogens is 188 g/mol. The lowest BCUT2D eigenvalue weighted by Crippen LogP contribution is -2.35. The topological polar surface area (TPSA) is 26.3 Å². The highest BCUT2D eigenvalue weighted by Gasteiger charge is 2.39. The van der Waals surface area contributed by atoms with Crippen molar-refractivity contribution in [1.29, 1.82) is 0 Å². The number of carbonyl (C=O) groups excluding carboxylic acids is 1. The van der Waals surface area contributed by atoms with E-state index in [9.17, 15) is 4.79 Å². The summed E-state index contributed by atoms with van der Waals surface area (Å²) in [5.41, 5.74) is 1.49. The third-order valence-corrected chi connectivity index (χ3v) is 3.78. The van der Waals surface area contributed by atoms with E-state index < -0.39 is 0 Å². The van der Waals surface area contributed by atoms with Gasteiger partial charge in [0.1, 0.15) is 0 Å². The molecular formula is C13H20O2. The average molecular weight is 208 g/mol. The monoisotopic (exact) mass is 208 g/mol. The predicted octanol–water partition coefficient (Wildman–Crippen LogP) is 2.93. The van der Waals surface area contributed by atoms with E-state index >= 15 is 0 Å². The van der Waals surface area contributed by atoms with Gasteiger partial charge >= 0.3 is 5.97 Å². The maximum Gasteiger partial charge on any atom is 0.309 e. The van der Waals surface area contributed by atoms with Crippen molar-refractivity contribution in [1.82, 2.24) is 0 Å². The second-order valence-corrected chi connectivity index (χ2v) is 4.86. The Morgan fingerprint density at radius 2 is 2.33 bits per heavy atom. The molecule has 0 heterocycles. The van der Waals surface area contributed by atoms with Gasteiger partial charge in [-0.25, -0.2) is 0 Å². The second-order valence-electron chi connectivity index (χ2n) is 4.86. The normalized spacial score (nSPS) is 33.7. The molecule has 0 saturated heterocycles. The minimum Gasteiger partial charge on any atom is -0.465 e. The summed E-state index contributed by atoms with van der Waals surface area (Å²) in [5, 5.41) is 0. The molecule has 15 heavy (non-hydrogen) atoms. The fourth-order valence-corrected chi connectivity index (χ4v) is 2.86. The van der Waals surface area contributed by atoms with E-state index in [1.54, 1.807) is 0 Å². The SMILES string of the molecule is CCCOC(=O)C1CC2CCC1C=C2C. The number of esters is 1. The van der Waals surface area contributed by atoms with Gasteiger partial charge in [0, 0.05) is 0 Å². The number of rotatable bonds is 3. The molecule has 0 aliphatic heterocycles. The molecule has 0 radical (unpaired) electrons. The zero-order valence-corrected chi connectivity index (χ0v) is 9.66. The van der Waals surface area contributed by atoms with Gasteiger partial charge < -0.3 is 4.74 Å². The molecule has 0 aromatic heterocycles. The molecule has 1 fully saturated rings. The van der Waals surface area contributed by atoms with Crippen LogP contribution in [0.1, 0.15) is 39.5 Å². The van der Waals surface area contributed by atoms with Gasteiger partial charge in [-0.2, -0.15) is 0 Å². The highest BCUT2D eigenvalue weighted by molar-refractivity contribution is 5.73. The first kappa shape index (κ1) is 10.7. The third-order valence-electron chi connectivity index (χ3n) is 3.78. The first-order chi connectivity index (χ1) is 7.22. The van der Waals surface area contributed by atoms with Gasteiger partial charge in [0.05, 0.1) is 12.5 Å². The van der Waals surface area contributed by atoms with Crippen LogP contribution in [0.15, 0.2) is 11.6 Å². The molecule has 0 amide bonds. The Bertz CT molecular complexity index is 280. The van der Waals surface area contributed by atoms with Gasteiger partial charge in [-0.15, -0.1) is 0 Å². The van der Waals surface area contributed by atoms with Crippen LogP contribution < -0.4 is 0 Å². The summed E-state index contributed by atoms with van der Waals surface area (Å²) >= 11 is 0. The van der Waals surface area contributed by atoms with Crippen LogP contribution in [0, 0.1) is 17.8 Å². The molecule has 3 aliphatic carbocycles. The van der Waals surface area contributed by atoms with Crippen LogP contribution in [0.4, 0.5) is 0 Å². The Labute approximate surface area is 91.7 Å². The molecule has 0 aromatic carbocycles. The van der Waals surface area contributed by atoms with E-state index in [0.29, 0.717) is 18.4 Å². The Kier molecular flexibility index (Phi) is 3.13. The Morgan fingerprint density at radius 3 is 2.87 bits per heavy atom. The van der Waals surface area contributed by atoms with Gasteiger partial charge in [0.25, 0.3) is 0 Å². The van der Waals surface area contributed by atoms with E-state index in [4.69, 9.17) is 4.74 Å². The maximum atomic E-state index is 11.8. The van der Waals surface area contributed by atoms with Gasteiger partial charge in [-0.05, 0) is 44.4 Å². The minimum absolute atomic E-state index is 0.0373. The van der Waals surface area contributed by atoms with Crippen LogP contribution in [0.25, 0.3) is 0 Å². The minimum atomic E-state index is 0.0373. The number of fused-ring (bicyclic) bond motifs is 2. The lowest BCUT2D eigenvalue weighted by molar-refractivity contribution is -0.152. The molecule has 2 nitrogen and oxygen atoms in total. The zero-order chi connectivity index (χ0) is 10.8. The quantitative estimate of drug-likeness (QED) is 0.526. The van der Waals surface area contributed by atoms with Crippen molar-refractivity contribution in [2.75, 3.05) is 6.61 Å². The fraction of sp³-hybridized carbons (Fsp3) is 0.769. The molecule has 2 bridgehead atoms. The van der Waals surface area contributed by atoms with Crippen LogP contribution >= 0.6 is 0 Å². The number of carbonyl (C=O) groups is 1. The predicted molar refractivity (Wildman–Crippen MR) is 59.3 cm³/mol. The number of hydrogen-bond donors (Lipinski definition) is 0. The molecule has 3 aliphatic rings. The largest absolute Gasteiger partial charge is 0.465 e. The first-order valence-corrected chi connectivity index (χ1v) is 6.07. The van der Waals surface area contributed by atoms with E-state index in [2.05, 4.69) is 13.0 Å². The molecule has 0 aromatic rings. The first-order valence-electron chi connectivity index (χ1n) is 6.07. The van der Waals surface area contributed by atoms with Crippen molar-refractivity contribution in [3.05, 3.63) is 11.6 Å². The summed E-state index contributed by atoms with van der Waals surface area (Å²) in [7, 11) is 0. The van der Waals surface area contributed by atoms with Crippen molar-refractivity contribution in [2.45, 2.75) is 39.5 Å². The molecule has 3 atom stereocenters. The fourth-order valence-electron chi connectivity index (χ4n) is 2.86. The Morgan fingerprint density at radius 1 is 1.53 bits per heavy atom. The van der Waals surface area contributed by atoms with Crippen LogP contribution in [0.5, 0.6) is 0 Å². The zero-order valence-electron chi connectivity index (χ0n) is 9.66. The summed E-state index contributed by atoms with van der Waals surface area (Å²) < 4.78 is 5.25. The summed E-state index contributed by atoms with van der Waals surface area (Å²) in [5.74, 6) is 1.29. The van der Waals surface area contributed by atoms with E-state index in [0.717, 1.165) is 12.8 Å². The second kappa shape index (κ2) is 4.38.